The number of amides is 2. The quantitative estimate of drug-likeness (QED) is 0.725. The molecule has 1 N–H and O–H groups in total. The average molecular weight is 260 g/mol. The molecule has 0 spiro atoms. The topological polar surface area (TPSA) is 46.2 Å². The van der Waals surface area contributed by atoms with Crippen molar-refractivity contribution in [1.82, 2.24) is 5.32 Å². The van der Waals surface area contributed by atoms with Crippen LogP contribution >= 0.6 is 27.5 Å². The smallest absolute Gasteiger partial charge is 0.258 e. The van der Waals surface area contributed by atoms with E-state index in [0.717, 1.165) is 0 Å². The van der Waals surface area contributed by atoms with Gasteiger partial charge in [0.1, 0.15) is 0 Å². The lowest BCUT2D eigenvalue weighted by molar-refractivity contribution is 0.0879. The lowest BCUT2D eigenvalue weighted by Crippen LogP contribution is -2.19. The van der Waals surface area contributed by atoms with Crippen molar-refractivity contribution in [2.45, 2.75) is 0 Å². The lowest BCUT2D eigenvalue weighted by Gasteiger charge is -1.97. The molecule has 0 bridgehead atoms. The minimum atomic E-state index is -0.394. The third-order valence-corrected chi connectivity index (χ3v) is 2.97. The molecule has 2 rings (SSSR count). The third kappa shape index (κ3) is 1.26. The molecule has 1 aromatic carbocycles. The fourth-order valence-corrected chi connectivity index (χ4v) is 1.67. The molecule has 66 valence electrons. The standard InChI is InChI=1S/C8H3BrClNO2/c9-5-1-3-4(2-6(5)10)8(13)11-7(3)12/h1-2H,(H,11,12,13). The van der Waals surface area contributed by atoms with Crippen LogP contribution in [0.3, 0.4) is 0 Å². The van der Waals surface area contributed by atoms with E-state index in [-0.39, 0.29) is 5.91 Å². The van der Waals surface area contributed by atoms with Gasteiger partial charge in [0.2, 0.25) is 0 Å². The summed E-state index contributed by atoms with van der Waals surface area (Å²) in [6.45, 7) is 0. The number of rotatable bonds is 0. The molecule has 0 saturated carbocycles. The number of nitrogens with one attached hydrogen (secondary N) is 1. The average Bonchev–Trinajstić information content (AvgIpc) is 2.31. The van der Waals surface area contributed by atoms with Gasteiger partial charge in [0, 0.05) is 4.47 Å². The van der Waals surface area contributed by atoms with Gasteiger partial charge in [0.05, 0.1) is 16.1 Å². The summed E-state index contributed by atoms with van der Waals surface area (Å²) in [6, 6.07) is 3.01. The summed E-state index contributed by atoms with van der Waals surface area (Å²) in [6.07, 6.45) is 0. The van der Waals surface area contributed by atoms with Crippen LogP contribution in [0.1, 0.15) is 20.7 Å². The maximum absolute atomic E-state index is 11.1. The Bertz CT molecular complexity index is 391. The normalized spacial score (nSPS) is 14.3. The minimum absolute atomic E-state index is 0.332. The van der Waals surface area contributed by atoms with E-state index in [9.17, 15) is 9.59 Å². The van der Waals surface area contributed by atoms with Crippen molar-refractivity contribution < 1.29 is 9.59 Å². The Morgan fingerprint density at radius 2 is 1.69 bits per heavy atom. The van der Waals surface area contributed by atoms with Gasteiger partial charge in [-0.2, -0.15) is 0 Å². The van der Waals surface area contributed by atoms with E-state index in [1.807, 2.05) is 0 Å². The molecule has 0 saturated heterocycles. The van der Waals surface area contributed by atoms with Crippen molar-refractivity contribution in [1.29, 1.82) is 0 Å². The van der Waals surface area contributed by atoms with Gasteiger partial charge in [-0.05, 0) is 28.1 Å². The molecular weight excluding hydrogens is 257 g/mol. The molecule has 0 aromatic heterocycles. The van der Waals surface area contributed by atoms with Crippen molar-refractivity contribution in [3.8, 4) is 0 Å². The number of benzene rings is 1. The maximum Gasteiger partial charge on any atom is 0.258 e. The van der Waals surface area contributed by atoms with Gasteiger partial charge in [0.15, 0.2) is 0 Å². The molecule has 0 aliphatic carbocycles. The number of carbonyl (C=O) groups is 2. The number of hydrogen-bond donors (Lipinski definition) is 1. The van der Waals surface area contributed by atoms with Crippen LogP contribution in [0.5, 0.6) is 0 Å². The van der Waals surface area contributed by atoms with Crippen molar-refractivity contribution in [3.63, 3.8) is 0 Å². The van der Waals surface area contributed by atoms with Crippen LogP contribution in [-0.4, -0.2) is 11.8 Å². The number of carbonyl (C=O) groups excluding carboxylic acids is 2. The molecule has 3 nitrogen and oxygen atoms in total. The largest absolute Gasteiger partial charge is 0.288 e. The number of hydrogen-bond acceptors (Lipinski definition) is 2. The van der Waals surface area contributed by atoms with Crippen molar-refractivity contribution >= 4 is 39.3 Å². The molecule has 1 aliphatic heterocycles. The highest BCUT2D eigenvalue weighted by Gasteiger charge is 2.27. The summed E-state index contributed by atoms with van der Waals surface area (Å²) in [7, 11) is 0. The molecular formula is C8H3BrClNO2. The molecule has 5 heteroatoms. The monoisotopic (exact) mass is 259 g/mol. The van der Waals surface area contributed by atoms with E-state index in [1.54, 1.807) is 0 Å². The number of halogens is 2. The highest BCUT2D eigenvalue weighted by Crippen LogP contribution is 2.28. The van der Waals surface area contributed by atoms with Crippen LogP contribution in [0.2, 0.25) is 5.02 Å². The maximum atomic E-state index is 11.1. The predicted octanol–water partition coefficient (Wildman–Crippen LogP) is 1.99. The Morgan fingerprint density at radius 3 is 2.31 bits per heavy atom. The fourth-order valence-electron chi connectivity index (χ4n) is 1.16. The molecule has 1 heterocycles. The Kier molecular flexibility index (Phi) is 1.89. The van der Waals surface area contributed by atoms with Crippen molar-refractivity contribution in [2.75, 3.05) is 0 Å². The van der Waals surface area contributed by atoms with Gasteiger partial charge in [-0.25, -0.2) is 0 Å². The molecule has 13 heavy (non-hydrogen) atoms. The Labute approximate surface area is 87.2 Å². The van der Waals surface area contributed by atoms with E-state index in [0.29, 0.717) is 20.6 Å². The summed E-state index contributed by atoms with van der Waals surface area (Å²) in [5.74, 6) is -0.772. The Hall–Kier alpha value is -0.870. The fraction of sp³-hybridized carbons (Fsp3) is 0. The highest BCUT2D eigenvalue weighted by molar-refractivity contribution is 9.10. The Balaban J connectivity index is 2.72. The van der Waals surface area contributed by atoms with E-state index in [1.165, 1.54) is 12.1 Å². The molecule has 0 fully saturated rings. The second-order valence-corrected chi connectivity index (χ2v) is 3.86. The number of imide groups is 1. The van der Waals surface area contributed by atoms with Crippen LogP contribution in [-0.2, 0) is 0 Å². The van der Waals surface area contributed by atoms with Crippen LogP contribution < -0.4 is 5.32 Å². The summed E-state index contributed by atoms with van der Waals surface area (Å²) >= 11 is 8.94. The van der Waals surface area contributed by atoms with Gasteiger partial charge in [0.25, 0.3) is 11.8 Å². The lowest BCUT2D eigenvalue weighted by atomic mass is 10.1. The minimum Gasteiger partial charge on any atom is -0.288 e. The molecule has 1 aromatic rings. The first-order valence-electron chi connectivity index (χ1n) is 3.44. The SMILES string of the molecule is O=C1NC(=O)c2cc(Br)c(Cl)cc21. The first kappa shape index (κ1) is 8.72. The van der Waals surface area contributed by atoms with Crippen LogP contribution in [0, 0.1) is 0 Å². The molecule has 1 aliphatic rings. The van der Waals surface area contributed by atoms with Gasteiger partial charge in [-0.3, -0.25) is 14.9 Å². The highest BCUT2D eigenvalue weighted by atomic mass is 79.9. The molecule has 0 unspecified atom stereocenters. The third-order valence-electron chi connectivity index (χ3n) is 1.78. The number of fused-ring (bicyclic) bond motifs is 1. The van der Waals surface area contributed by atoms with Crippen molar-refractivity contribution in [3.05, 3.63) is 32.8 Å². The van der Waals surface area contributed by atoms with Crippen molar-refractivity contribution in [2.24, 2.45) is 0 Å². The van der Waals surface area contributed by atoms with E-state index in [2.05, 4.69) is 21.2 Å². The van der Waals surface area contributed by atoms with E-state index < -0.39 is 5.91 Å². The molecule has 0 atom stereocenters. The second kappa shape index (κ2) is 2.82. The zero-order valence-electron chi connectivity index (χ0n) is 6.23. The summed E-state index contributed by atoms with van der Waals surface area (Å²) in [5.41, 5.74) is 0.694. The summed E-state index contributed by atoms with van der Waals surface area (Å²) < 4.78 is 0.609. The summed E-state index contributed by atoms with van der Waals surface area (Å²) in [4.78, 5) is 22.3. The van der Waals surface area contributed by atoms with Crippen LogP contribution in [0.4, 0.5) is 0 Å². The van der Waals surface area contributed by atoms with Gasteiger partial charge in [-0.15, -0.1) is 0 Å². The van der Waals surface area contributed by atoms with E-state index >= 15 is 0 Å². The first-order chi connectivity index (χ1) is 6.09. The van der Waals surface area contributed by atoms with Crippen LogP contribution in [0.15, 0.2) is 16.6 Å². The van der Waals surface area contributed by atoms with Crippen LogP contribution in [0.25, 0.3) is 0 Å². The predicted molar refractivity (Wildman–Crippen MR) is 50.9 cm³/mol. The first-order valence-corrected chi connectivity index (χ1v) is 4.61. The second-order valence-electron chi connectivity index (χ2n) is 2.60. The zero-order valence-corrected chi connectivity index (χ0v) is 8.57. The molecule has 0 radical (unpaired) electrons. The van der Waals surface area contributed by atoms with Gasteiger partial charge in [-0.1, -0.05) is 11.6 Å². The van der Waals surface area contributed by atoms with Gasteiger partial charge < -0.3 is 0 Å². The molecule has 2 amide bonds. The summed E-state index contributed by atoms with van der Waals surface area (Å²) in [5, 5.41) is 2.60. The van der Waals surface area contributed by atoms with E-state index in [4.69, 9.17) is 11.6 Å². The Morgan fingerprint density at radius 1 is 1.15 bits per heavy atom. The van der Waals surface area contributed by atoms with Gasteiger partial charge >= 0.3 is 0 Å². The zero-order chi connectivity index (χ0) is 9.59.